The van der Waals surface area contributed by atoms with Gasteiger partial charge in [0.25, 0.3) is 0 Å². The topological polar surface area (TPSA) is 12.0 Å². The van der Waals surface area contributed by atoms with Crippen LogP contribution in [0.3, 0.4) is 0 Å². The summed E-state index contributed by atoms with van der Waals surface area (Å²) in [6.07, 6.45) is 0.973. The monoisotopic (exact) mass is 181 g/mol. The van der Waals surface area contributed by atoms with Gasteiger partial charge in [-0.1, -0.05) is 13.0 Å². The molecule has 2 heteroatoms. The number of benzene rings is 1. The van der Waals surface area contributed by atoms with E-state index in [0.717, 1.165) is 17.5 Å². The van der Waals surface area contributed by atoms with Gasteiger partial charge in [-0.05, 0) is 43.7 Å². The Morgan fingerprint density at radius 2 is 2.15 bits per heavy atom. The second-order valence-electron chi connectivity index (χ2n) is 3.25. The molecule has 0 saturated heterocycles. The van der Waals surface area contributed by atoms with E-state index in [0.29, 0.717) is 0 Å². The summed E-state index contributed by atoms with van der Waals surface area (Å²) in [4.78, 5) is 0. The molecule has 0 amide bonds. The lowest BCUT2D eigenvalue weighted by Crippen LogP contribution is -2.16. The van der Waals surface area contributed by atoms with Gasteiger partial charge >= 0.3 is 0 Å². The van der Waals surface area contributed by atoms with E-state index in [1.54, 1.807) is 6.07 Å². The molecule has 0 heterocycles. The quantitative estimate of drug-likeness (QED) is 0.756. The van der Waals surface area contributed by atoms with Gasteiger partial charge in [0.1, 0.15) is 5.82 Å². The van der Waals surface area contributed by atoms with E-state index in [1.165, 1.54) is 6.07 Å². The molecule has 1 N–H and O–H groups in total. The normalized spacial score (nSPS) is 12.9. The summed E-state index contributed by atoms with van der Waals surface area (Å²) in [6.45, 7) is 4.10. The molecule has 0 fully saturated rings. The number of nitrogens with one attached hydrogen (secondary N) is 1. The zero-order chi connectivity index (χ0) is 9.84. The lowest BCUT2D eigenvalue weighted by Gasteiger charge is -2.16. The van der Waals surface area contributed by atoms with Crippen LogP contribution in [0.2, 0.25) is 0 Å². The van der Waals surface area contributed by atoms with E-state index in [9.17, 15) is 4.39 Å². The minimum Gasteiger partial charge on any atom is -0.313 e. The zero-order valence-corrected chi connectivity index (χ0v) is 8.39. The average molecular weight is 181 g/mol. The molecule has 0 bridgehead atoms. The predicted molar refractivity (Wildman–Crippen MR) is 53.2 cm³/mol. The summed E-state index contributed by atoms with van der Waals surface area (Å²) in [5, 5.41) is 3.17. The molecule has 72 valence electrons. The smallest absolute Gasteiger partial charge is 0.123 e. The van der Waals surface area contributed by atoms with Gasteiger partial charge in [-0.3, -0.25) is 0 Å². The third-order valence-corrected chi connectivity index (χ3v) is 2.37. The molecule has 0 saturated carbocycles. The summed E-state index contributed by atoms with van der Waals surface area (Å²) in [6, 6.07) is 5.20. The second-order valence-corrected chi connectivity index (χ2v) is 3.25. The predicted octanol–water partition coefficient (Wildman–Crippen LogP) is 2.80. The van der Waals surface area contributed by atoms with Crippen LogP contribution in [0.15, 0.2) is 18.2 Å². The van der Waals surface area contributed by atoms with E-state index in [1.807, 2.05) is 20.0 Å². The second kappa shape index (κ2) is 4.38. The molecule has 0 aliphatic heterocycles. The van der Waals surface area contributed by atoms with Crippen molar-refractivity contribution in [3.05, 3.63) is 35.1 Å². The maximum Gasteiger partial charge on any atom is 0.123 e. The molecule has 0 aliphatic carbocycles. The fourth-order valence-corrected chi connectivity index (χ4v) is 1.57. The Morgan fingerprint density at radius 3 is 2.69 bits per heavy atom. The molecule has 1 rings (SSSR count). The first-order chi connectivity index (χ1) is 6.19. The van der Waals surface area contributed by atoms with Crippen LogP contribution in [0.5, 0.6) is 0 Å². The first kappa shape index (κ1) is 10.2. The lowest BCUT2D eigenvalue weighted by atomic mass is 9.99. The number of rotatable bonds is 3. The van der Waals surface area contributed by atoms with E-state index in [2.05, 4.69) is 12.2 Å². The molecule has 1 aromatic carbocycles. The standard InChI is InChI=1S/C11H16FN/c1-4-11(13-3)10-7-9(12)6-5-8(10)2/h5-7,11,13H,4H2,1-3H3. The fraction of sp³-hybridized carbons (Fsp3) is 0.455. The van der Waals surface area contributed by atoms with E-state index in [4.69, 9.17) is 0 Å². The van der Waals surface area contributed by atoms with Gasteiger partial charge < -0.3 is 5.32 Å². The third-order valence-electron chi connectivity index (χ3n) is 2.37. The maximum absolute atomic E-state index is 13.0. The van der Waals surface area contributed by atoms with Crippen molar-refractivity contribution in [3.63, 3.8) is 0 Å². The van der Waals surface area contributed by atoms with Gasteiger partial charge in [0, 0.05) is 6.04 Å². The highest BCUT2D eigenvalue weighted by molar-refractivity contribution is 5.29. The Kier molecular flexibility index (Phi) is 3.43. The first-order valence-electron chi connectivity index (χ1n) is 4.62. The van der Waals surface area contributed by atoms with Crippen molar-refractivity contribution in [2.24, 2.45) is 0 Å². The van der Waals surface area contributed by atoms with Crippen molar-refractivity contribution in [1.29, 1.82) is 0 Å². The Balaban J connectivity index is 3.03. The number of halogens is 1. The fourth-order valence-electron chi connectivity index (χ4n) is 1.57. The zero-order valence-electron chi connectivity index (χ0n) is 8.39. The molecule has 0 spiro atoms. The molecule has 1 nitrogen and oxygen atoms in total. The molecular formula is C11H16FN. The van der Waals surface area contributed by atoms with Crippen LogP contribution < -0.4 is 5.32 Å². The SMILES string of the molecule is CCC(NC)c1cc(F)ccc1C. The van der Waals surface area contributed by atoms with Crippen LogP contribution >= 0.6 is 0 Å². The molecular weight excluding hydrogens is 165 g/mol. The minimum atomic E-state index is -0.158. The van der Waals surface area contributed by atoms with Gasteiger partial charge in [0.2, 0.25) is 0 Å². The maximum atomic E-state index is 13.0. The Bertz CT molecular complexity index is 279. The van der Waals surface area contributed by atoms with E-state index >= 15 is 0 Å². The van der Waals surface area contributed by atoms with Crippen LogP contribution in [0, 0.1) is 12.7 Å². The van der Waals surface area contributed by atoms with Crippen LogP contribution in [0.25, 0.3) is 0 Å². The van der Waals surface area contributed by atoms with E-state index in [-0.39, 0.29) is 11.9 Å². The van der Waals surface area contributed by atoms with Gasteiger partial charge in [-0.2, -0.15) is 0 Å². The minimum absolute atomic E-state index is 0.158. The van der Waals surface area contributed by atoms with Crippen LogP contribution in [-0.4, -0.2) is 7.05 Å². The molecule has 1 unspecified atom stereocenters. The van der Waals surface area contributed by atoms with Crippen molar-refractivity contribution in [3.8, 4) is 0 Å². The molecule has 1 aromatic rings. The summed E-state index contributed by atoms with van der Waals surface area (Å²) < 4.78 is 13.0. The molecule has 0 aromatic heterocycles. The summed E-state index contributed by atoms with van der Waals surface area (Å²) in [5.74, 6) is -0.158. The summed E-state index contributed by atoms with van der Waals surface area (Å²) in [7, 11) is 1.90. The van der Waals surface area contributed by atoms with Gasteiger partial charge in [0.15, 0.2) is 0 Å². The average Bonchev–Trinajstić information content (AvgIpc) is 2.13. The highest BCUT2D eigenvalue weighted by Gasteiger charge is 2.09. The van der Waals surface area contributed by atoms with Crippen LogP contribution in [-0.2, 0) is 0 Å². The van der Waals surface area contributed by atoms with E-state index < -0.39 is 0 Å². The van der Waals surface area contributed by atoms with Crippen molar-refractivity contribution in [2.75, 3.05) is 7.05 Å². The van der Waals surface area contributed by atoms with Crippen LogP contribution in [0.4, 0.5) is 4.39 Å². The summed E-state index contributed by atoms with van der Waals surface area (Å²) in [5.41, 5.74) is 2.20. The van der Waals surface area contributed by atoms with Crippen LogP contribution in [0.1, 0.15) is 30.5 Å². The largest absolute Gasteiger partial charge is 0.313 e. The molecule has 0 radical (unpaired) electrons. The Hall–Kier alpha value is -0.890. The number of aryl methyl sites for hydroxylation is 1. The number of hydrogen-bond donors (Lipinski definition) is 1. The lowest BCUT2D eigenvalue weighted by molar-refractivity contribution is 0.562. The molecule has 13 heavy (non-hydrogen) atoms. The van der Waals surface area contributed by atoms with Crippen molar-refractivity contribution in [2.45, 2.75) is 26.3 Å². The third kappa shape index (κ3) is 2.28. The van der Waals surface area contributed by atoms with Gasteiger partial charge in [-0.25, -0.2) is 4.39 Å². The Morgan fingerprint density at radius 1 is 1.46 bits per heavy atom. The van der Waals surface area contributed by atoms with Crippen molar-refractivity contribution >= 4 is 0 Å². The molecule has 1 atom stereocenters. The van der Waals surface area contributed by atoms with Crippen molar-refractivity contribution in [1.82, 2.24) is 5.32 Å². The number of hydrogen-bond acceptors (Lipinski definition) is 1. The van der Waals surface area contributed by atoms with Gasteiger partial charge in [0.05, 0.1) is 0 Å². The van der Waals surface area contributed by atoms with Crippen molar-refractivity contribution < 1.29 is 4.39 Å². The highest BCUT2D eigenvalue weighted by Crippen LogP contribution is 2.20. The highest BCUT2D eigenvalue weighted by atomic mass is 19.1. The Labute approximate surface area is 79.0 Å². The molecule has 0 aliphatic rings. The van der Waals surface area contributed by atoms with Gasteiger partial charge in [-0.15, -0.1) is 0 Å². The summed E-state index contributed by atoms with van der Waals surface area (Å²) >= 11 is 0. The first-order valence-corrected chi connectivity index (χ1v) is 4.62.